The number of hydrogen-bond acceptors (Lipinski definition) is 5. The van der Waals surface area contributed by atoms with Crippen LogP contribution in [0.1, 0.15) is 85.5 Å². The molecule has 9 atom stereocenters. The third-order valence-electron chi connectivity index (χ3n) is 9.99. The molecule has 0 radical (unpaired) electrons. The average molecular weight is 451 g/mol. The summed E-state index contributed by atoms with van der Waals surface area (Å²) in [6, 6.07) is 0. The summed E-state index contributed by atoms with van der Waals surface area (Å²) in [4.78, 5) is 0. The lowest BCUT2D eigenvalue weighted by Gasteiger charge is -2.53. The van der Waals surface area contributed by atoms with Crippen molar-refractivity contribution < 1.29 is 25.2 Å². The van der Waals surface area contributed by atoms with Gasteiger partial charge in [0.1, 0.15) is 5.76 Å². The molecule has 1 aliphatic heterocycles. The van der Waals surface area contributed by atoms with Crippen LogP contribution in [0.5, 0.6) is 0 Å². The van der Waals surface area contributed by atoms with Gasteiger partial charge in [0, 0.05) is 5.92 Å². The van der Waals surface area contributed by atoms with E-state index in [1.807, 2.05) is 0 Å². The molecule has 0 saturated heterocycles. The van der Waals surface area contributed by atoms with Crippen molar-refractivity contribution in [3.8, 4) is 0 Å². The van der Waals surface area contributed by atoms with Gasteiger partial charge in [0.25, 0.3) is 0 Å². The minimum atomic E-state index is -0.895. The van der Waals surface area contributed by atoms with E-state index in [0.29, 0.717) is 37.2 Å². The molecule has 4 aliphatic rings. The van der Waals surface area contributed by atoms with Crippen LogP contribution in [-0.2, 0) is 4.74 Å². The summed E-state index contributed by atoms with van der Waals surface area (Å²) in [7, 11) is 0. The first-order valence-electron chi connectivity index (χ1n) is 13.2. The predicted octanol–water partition coefficient (Wildman–Crippen LogP) is 4.03. The normalized spacial score (nSPS) is 45.0. The Bertz CT molecular complexity index is 704. The van der Waals surface area contributed by atoms with Crippen molar-refractivity contribution >= 4 is 0 Å². The summed E-state index contributed by atoms with van der Waals surface area (Å²) in [5.41, 5.74) is 0.561. The summed E-state index contributed by atoms with van der Waals surface area (Å²) in [5.74, 6) is 3.01. The molecule has 5 nitrogen and oxygen atoms in total. The molecule has 0 unspecified atom stereocenters. The lowest BCUT2D eigenvalue weighted by atomic mass is 9.55. The predicted molar refractivity (Wildman–Crippen MR) is 125 cm³/mol. The Kier molecular flexibility index (Phi) is 7.05. The molecular formula is C27H46O5. The Labute approximate surface area is 194 Å². The average Bonchev–Trinajstić information content (AvgIpc) is 3.00. The molecule has 32 heavy (non-hydrogen) atoms. The van der Waals surface area contributed by atoms with Crippen molar-refractivity contribution in [1.29, 1.82) is 0 Å². The highest BCUT2D eigenvalue weighted by molar-refractivity contribution is 5.32. The number of aliphatic hydroxyl groups excluding tert-OH is 4. The van der Waals surface area contributed by atoms with E-state index in [4.69, 9.17) is 4.74 Å². The summed E-state index contributed by atoms with van der Waals surface area (Å²) >= 11 is 0. The standard InChI is InChI=1S/C27H46O5/c1-16(2)6-5-7-17(3)19-8-9-20-18-12-22(29)21-13-23(30)24(31)14-27(21,15-28)25(18)32-11-10-26(19,20)4/h16-17,19-24,28-31H,5-15H2,1-4H3/t17-,19-,20+,21+,22-,23-,24+,26-,27-/m1/s1. The molecule has 2 fully saturated rings. The zero-order chi connectivity index (χ0) is 23.3. The van der Waals surface area contributed by atoms with E-state index in [2.05, 4.69) is 27.7 Å². The molecule has 0 spiro atoms. The van der Waals surface area contributed by atoms with Crippen LogP contribution in [0.4, 0.5) is 0 Å². The van der Waals surface area contributed by atoms with Crippen molar-refractivity contribution in [3.05, 3.63) is 11.3 Å². The molecule has 2 saturated carbocycles. The zero-order valence-electron chi connectivity index (χ0n) is 20.6. The van der Waals surface area contributed by atoms with Crippen LogP contribution in [0.3, 0.4) is 0 Å². The molecular weight excluding hydrogens is 404 g/mol. The molecule has 0 aromatic rings. The Morgan fingerprint density at radius 1 is 1.03 bits per heavy atom. The highest BCUT2D eigenvalue weighted by Crippen LogP contribution is 2.63. The van der Waals surface area contributed by atoms with Crippen molar-refractivity contribution in [1.82, 2.24) is 0 Å². The maximum absolute atomic E-state index is 11.2. The van der Waals surface area contributed by atoms with Crippen molar-refractivity contribution in [3.63, 3.8) is 0 Å². The van der Waals surface area contributed by atoms with Gasteiger partial charge in [0.2, 0.25) is 0 Å². The lowest BCUT2D eigenvalue weighted by molar-refractivity contribution is -0.140. The smallest absolute Gasteiger partial charge is 0.104 e. The van der Waals surface area contributed by atoms with Gasteiger partial charge in [-0.2, -0.15) is 0 Å². The molecule has 0 amide bonds. The highest BCUT2D eigenvalue weighted by atomic mass is 16.5. The fourth-order valence-corrected chi connectivity index (χ4v) is 8.21. The fraction of sp³-hybridized carbons (Fsp3) is 0.926. The Hall–Kier alpha value is -0.620. The van der Waals surface area contributed by atoms with E-state index in [0.717, 1.165) is 24.5 Å². The van der Waals surface area contributed by atoms with E-state index in [9.17, 15) is 20.4 Å². The third kappa shape index (κ3) is 3.95. The Morgan fingerprint density at radius 3 is 2.47 bits per heavy atom. The zero-order valence-corrected chi connectivity index (χ0v) is 20.6. The SMILES string of the molecule is CC(C)CCC[C@@H](C)[C@H]1CC[C@H]2C3=C(OCC[C@]12C)[C@@]1(CO)C[C@H](O)[C@H](O)C[C@H]1[C@H](O)C3. The van der Waals surface area contributed by atoms with E-state index in [1.54, 1.807) is 0 Å². The van der Waals surface area contributed by atoms with E-state index >= 15 is 0 Å². The first-order chi connectivity index (χ1) is 15.1. The van der Waals surface area contributed by atoms with Gasteiger partial charge >= 0.3 is 0 Å². The first-order valence-corrected chi connectivity index (χ1v) is 13.2. The van der Waals surface area contributed by atoms with Gasteiger partial charge in [-0.25, -0.2) is 0 Å². The molecule has 0 bridgehead atoms. The summed E-state index contributed by atoms with van der Waals surface area (Å²) < 4.78 is 6.46. The van der Waals surface area contributed by atoms with Crippen molar-refractivity contribution in [2.75, 3.05) is 13.2 Å². The summed E-state index contributed by atoms with van der Waals surface area (Å²) in [6.45, 7) is 9.94. The van der Waals surface area contributed by atoms with E-state index in [1.165, 1.54) is 31.3 Å². The van der Waals surface area contributed by atoms with E-state index in [-0.39, 0.29) is 24.4 Å². The van der Waals surface area contributed by atoms with Gasteiger partial charge in [-0.05, 0) is 73.2 Å². The third-order valence-corrected chi connectivity index (χ3v) is 9.99. The molecule has 184 valence electrons. The van der Waals surface area contributed by atoms with Gasteiger partial charge in [0.15, 0.2) is 0 Å². The second-order valence-corrected chi connectivity index (χ2v) is 12.3. The molecule has 4 N–H and O–H groups in total. The number of aliphatic hydroxyl groups is 4. The number of rotatable bonds is 6. The largest absolute Gasteiger partial charge is 0.497 e. The van der Waals surface area contributed by atoms with Gasteiger partial charge in [0.05, 0.1) is 36.9 Å². The van der Waals surface area contributed by atoms with Crippen LogP contribution in [0.2, 0.25) is 0 Å². The van der Waals surface area contributed by atoms with Crippen LogP contribution < -0.4 is 0 Å². The Balaban J connectivity index is 1.64. The molecule has 3 aliphatic carbocycles. The number of hydrogen-bond donors (Lipinski definition) is 4. The van der Waals surface area contributed by atoms with Crippen molar-refractivity contribution in [2.45, 2.75) is 104 Å². The fourth-order valence-electron chi connectivity index (χ4n) is 8.21. The second kappa shape index (κ2) is 9.20. The van der Waals surface area contributed by atoms with Crippen LogP contribution in [0.15, 0.2) is 11.3 Å². The number of ether oxygens (including phenoxy) is 1. The maximum atomic E-state index is 11.2. The lowest BCUT2D eigenvalue weighted by Crippen LogP contribution is -2.56. The minimum absolute atomic E-state index is 0.143. The van der Waals surface area contributed by atoms with Gasteiger partial charge in [-0.1, -0.05) is 47.0 Å². The molecule has 0 aromatic heterocycles. The maximum Gasteiger partial charge on any atom is 0.104 e. The van der Waals surface area contributed by atoms with E-state index < -0.39 is 23.7 Å². The van der Waals surface area contributed by atoms with Crippen LogP contribution in [0.25, 0.3) is 0 Å². The molecule has 1 heterocycles. The van der Waals surface area contributed by atoms with Crippen LogP contribution in [0, 0.1) is 40.4 Å². The van der Waals surface area contributed by atoms with Crippen LogP contribution >= 0.6 is 0 Å². The van der Waals surface area contributed by atoms with Crippen LogP contribution in [-0.4, -0.2) is 52.0 Å². The van der Waals surface area contributed by atoms with Gasteiger partial charge in [-0.3, -0.25) is 0 Å². The number of fused-ring (bicyclic) bond motifs is 4. The topological polar surface area (TPSA) is 90.2 Å². The molecule has 4 rings (SSSR count). The highest BCUT2D eigenvalue weighted by Gasteiger charge is 2.60. The Morgan fingerprint density at radius 2 is 1.78 bits per heavy atom. The second-order valence-electron chi connectivity index (χ2n) is 12.3. The monoisotopic (exact) mass is 450 g/mol. The van der Waals surface area contributed by atoms with Gasteiger partial charge < -0.3 is 25.2 Å². The molecule has 0 aromatic carbocycles. The van der Waals surface area contributed by atoms with Gasteiger partial charge in [-0.15, -0.1) is 0 Å². The molecule has 5 heteroatoms. The first kappa shape index (κ1) is 24.5. The summed E-state index contributed by atoms with van der Waals surface area (Å²) in [5, 5.41) is 42.6. The quantitative estimate of drug-likeness (QED) is 0.491. The van der Waals surface area contributed by atoms with Crippen molar-refractivity contribution in [2.24, 2.45) is 40.4 Å². The minimum Gasteiger partial charge on any atom is -0.497 e. The summed E-state index contributed by atoms with van der Waals surface area (Å²) in [6.07, 6.45) is 5.94.